The van der Waals surface area contributed by atoms with Gasteiger partial charge in [0, 0.05) is 18.8 Å². The molecule has 0 amide bonds. The Kier molecular flexibility index (Phi) is 4.09. The zero-order chi connectivity index (χ0) is 13.2. The summed E-state index contributed by atoms with van der Waals surface area (Å²) in [5, 5.41) is 3.27. The Balaban J connectivity index is 2.19. The van der Waals surface area contributed by atoms with Crippen molar-refractivity contribution in [2.24, 2.45) is 0 Å². The zero-order valence-electron chi connectivity index (χ0n) is 10.1. The van der Waals surface area contributed by atoms with Crippen LogP contribution >= 0.6 is 11.6 Å². The number of halogens is 1. The molecule has 1 aromatic rings. The van der Waals surface area contributed by atoms with Gasteiger partial charge in [-0.2, -0.15) is 0 Å². The van der Waals surface area contributed by atoms with E-state index in [1.165, 1.54) is 12.3 Å². The fourth-order valence-corrected chi connectivity index (χ4v) is 3.25. The monoisotopic (exact) mass is 289 g/mol. The smallest absolute Gasteiger partial charge is 0.242 e. The van der Waals surface area contributed by atoms with Crippen LogP contribution in [0.25, 0.3) is 0 Å². The number of sulfonamides is 1. The Morgan fingerprint density at radius 3 is 2.72 bits per heavy atom. The fraction of sp³-hybridized carbons (Fsp3) is 0.545. The molecule has 100 valence electrons. The molecule has 2 rings (SSSR count). The van der Waals surface area contributed by atoms with Gasteiger partial charge < -0.3 is 5.32 Å². The minimum absolute atomic E-state index is 0.0576. The van der Waals surface area contributed by atoms with E-state index < -0.39 is 10.0 Å². The molecule has 0 saturated heterocycles. The van der Waals surface area contributed by atoms with Crippen LogP contribution in [0.5, 0.6) is 0 Å². The van der Waals surface area contributed by atoms with Crippen molar-refractivity contribution in [3.05, 3.63) is 17.3 Å². The number of pyridine rings is 1. The molecule has 1 saturated carbocycles. The summed E-state index contributed by atoms with van der Waals surface area (Å²) in [7, 11) is -3.50. The minimum atomic E-state index is -3.50. The van der Waals surface area contributed by atoms with Crippen LogP contribution in [-0.2, 0) is 10.0 Å². The van der Waals surface area contributed by atoms with Crippen molar-refractivity contribution in [3.8, 4) is 0 Å². The SMILES string of the molecule is CCNc1ncc(S(=O)(=O)NC2CCC2)cc1Cl. The first-order valence-corrected chi connectivity index (χ1v) is 7.81. The number of hydrogen-bond donors (Lipinski definition) is 2. The lowest BCUT2D eigenvalue weighted by atomic mass is 9.94. The third-order valence-electron chi connectivity index (χ3n) is 2.90. The summed E-state index contributed by atoms with van der Waals surface area (Å²) in [6.45, 7) is 2.60. The van der Waals surface area contributed by atoms with E-state index in [9.17, 15) is 8.42 Å². The summed E-state index contributed by atoms with van der Waals surface area (Å²) in [6.07, 6.45) is 4.20. The van der Waals surface area contributed by atoms with Crippen LogP contribution in [0.2, 0.25) is 5.02 Å². The summed E-state index contributed by atoms with van der Waals surface area (Å²) in [5.41, 5.74) is 0. The molecule has 0 unspecified atom stereocenters. The Bertz CT molecular complexity index is 529. The highest BCUT2D eigenvalue weighted by Crippen LogP contribution is 2.24. The van der Waals surface area contributed by atoms with Crippen LogP contribution in [-0.4, -0.2) is 26.0 Å². The van der Waals surface area contributed by atoms with Crippen molar-refractivity contribution in [3.63, 3.8) is 0 Å². The zero-order valence-corrected chi connectivity index (χ0v) is 11.7. The normalized spacial score (nSPS) is 16.3. The highest BCUT2D eigenvalue weighted by atomic mass is 35.5. The number of hydrogen-bond acceptors (Lipinski definition) is 4. The van der Waals surface area contributed by atoms with Gasteiger partial charge in [0.05, 0.1) is 5.02 Å². The lowest BCUT2D eigenvalue weighted by Gasteiger charge is -2.26. The molecule has 1 fully saturated rings. The highest BCUT2D eigenvalue weighted by molar-refractivity contribution is 7.89. The molecule has 0 bridgehead atoms. The molecule has 0 spiro atoms. The topological polar surface area (TPSA) is 71.1 Å². The number of nitrogens with zero attached hydrogens (tertiary/aromatic N) is 1. The molecule has 1 aliphatic rings. The molecular weight excluding hydrogens is 274 g/mol. The van der Waals surface area contributed by atoms with Gasteiger partial charge in [-0.05, 0) is 25.8 Å². The first kappa shape index (κ1) is 13.6. The van der Waals surface area contributed by atoms with E-state index in [2.05, 4.69) is 15.0 Å². The lowest BCUT2D eigenvalue weighted by molar-refractivity contribution is 0.383. The van der Waals surface area contributed by atoms with E-state index in [1.54, 1.807) is 0 Å². The van der Waals surface area contributed by atoms with Gasteiger partial charge in [-0.3, -0.25) is 0 Å². The average molecular weight is 290 g/mol. The van der Waals surface area contributed by atoms with Crippen molar-refractivity contribution < 1.29 is 8.42 Å². The molecule has 0 aromatic carbocycles. The summed E-state index contributed by atoms with van der Waals surface area (Å²) >= 11 is 5.98. The number of anilines is 1. The number of rotatable bonds is 5. The van der Waals surface area contributed by atoms with Crippen LogP contribution in [0, 0.1) is 0 Å². The van der Waals surface area contributed by atoms with Gasteiger partial charge in [0.1, 0.15) is 10.7 Å². The van der Waals surface area contributed by atoms with Crippen LogP contribution in [0.1, 0.15) is 26.2 Å². The predicted octanol–water partition coefficient (Wildman–Crippen LogP) is 2.00. The second-order valence-electron chi connectivity index (χ2n) is 4.28. The molecule has 0 atom stereocenters. The molecule has 1 heterocycles. The summed E-state index contributed by atoms with van der Waals surface area (Å²) in [5.74, 6) is 0.502. The van der Waals surface area contributed by atoms with E-state index in [4.69, 9.17) is 11.6 Å². The van der Waals surface area contributed by atoms with E-state index in [0.717, 1.165) is 19.3 Å². The maximum atomic E-state index is 12.0. The first-order valence-electron chi connectivity index (χ1n) is 5.94. The van der Waals surface area contributed by atoms with Crippen LogP contribution in [0.4, 0.5) is 5.82 Å². The summed E-state index contributed by atoms with van der Waals surface area (Å²) in [6, 6.07) is 1.48. The van der Waals surface area contributed by atoms with E-state index in [1.807, 2.05) is 6.92 Å². The van der Waals surface area contributed by atoms with Gasteiger partial charge in [-0.1, -0.05) is 18.0 Å². The largest absolute Gasteiger partial charge is 0.369 e. The van der Waals surface area contributed by atoms with Crippen molar-refractivity contribution in [1.82, 2.24) is 9.71 Å². The molecule has 1 aromatic heterocycles. The number of nitrogens with one attached hydrogen (secondary N) is 2. The molecule has 18 heavy (non-hydrogen) atoms. The molecule has 0 aliphatic heterocycles. The maximum absolute atomic E-state index is 12.0. The van der Waals surface area contributed by atoms with Crippen molar-refractivity contribution in [2.75, 3.05) is 11.9 Å². The number of aromatic nitrogens is 1. The van der Waals surface area contributed by atoms with E-state index in [0.29, 0.717) is 17.4 Å². The molecule has 2 N–H and O–H groups in total. The van der Waals surface area contributed by atoms with Gasteiger partial charge >= 0.3 is 0 Å². The molecule has 0 radical (unpaired) electrons. The van der Waals surface area contributed by atoms with Crippen molar-refractivity contribution in [2.45, 2.75) is 37.1 Å². The highest BCUT2D eigenvalue weighted by Gasteiger charge is 2.25. The van der Waals surface area contributed by atoms with Gasteiger partial charge in [0.15, 0.2) is 0 Å². The van der Waals surface area contributed by atoms with Crippen molar-refractivity contribution in [1.29, 1.82) is 0 Å². The third kappa shape index (κ3) is 2.93. The Morgan fingerprint density at radius 1 is 1.50 bits per heavy atom. The van der Waals surface area contributed by atoms with Gasteiger partial charge in [0.25, 0.3) is 0 Å². The molecule has 7 heteroatoms. The second-order valence-corrected chi connectivity index (χ2v) is 6.40. The quantitative estimate of drug-likeness (QED) is 0.870. The van der Waals surface area contributed by atoms with Gasteiger partial charge in [-0.15, -0.1) is 0 Å². The van der Waals surface area contributed by atoms with Crippen molar-refractivity contribution >= 4 is 27.4 Å². The summed E-state index contributed by atoms with van der Waals surface area (Å²) in [4.78, 5) is 4.14. The van der Waals surface area contributed by atoms with Crippen LogP contribution in [0.15, 0.2) is 17.2 Å². The second kappa shape index (κ2) is 5.42. The van der Waals surface area contributed by atoms with E-state index in [-0.39, 0.29) is 10.9 Å². The Morgan fingerprint density at radius 2 is 2.22 bits per heavy atom. The van der Waals surface area contributed by atoms with Crippen LogP contribution < -0.4 is 10.0 Å². The van der Waals surface area contributed by atoms with Gasteiger partial charge in [0.2, 0.25) is 10.0 Å². The van der Waals surface area contributed by atoms with E-state index >= 15 is 0 Å². The Hall–Kier alpha value is -0.850. The molecule has 5 nitrogen and oxygen atoms in total. The standard InChI is InChI=1S/C11H16ClN3O2S/c1-2-13-11-10(12)6-9(7-14-11)18(16,17)15-8-4-3-5-8/h6-8,15H,2-5H2,1H3,(H,13,14). The minimum Gasteiger partial charge on any atom is -0.369 e. The van der Waals surface area contributed by atoms with Gasteiger partial charge in [-0.25, -0.2) is 18.1 Å². The third-order valence-corrected chi connectivity index (χ3v) is 4.67. The van der Waals surface area contributed by atoms with Crippen LogP contribution in [0.3, 0.4) is 0 Å². The Labute approximate surface area is 112 Å². The lowest BCUT2D eigenvalue weighted by Crippen LogP contribution is -2.39. The maximum Gasteiger partial charge on any atom is 0.242 e. The summed E-state index contributed by atoms with van der Waals surface area (Å²) < 4.78 is 26.7. The molecule has 1 aliphatic carbocycles. The average Bonchev–Trinajstić information content (AvgIpc) is 2.27. The predicted molar refractivity (Wildman–Crippen MR) is 71.4 cm³/mol. The molecular formula is C11H16ClN3O2S. The first-order chi connectivity index (χ1) is 8.53. The fourth-order valence-electron chi connectivity index (χ4n) is 1.68.